The van der Waals surface area contributed by atoms with Crippen molar-refractivity contribution >= 4 is 57.8 Å². The lowest BCUT2D eigenvalue weighted by molar-refractivity contribution is -0.137. The van der Waals surface area contributed by atoms with E-state index in [1.807, 2.05) is 0 Å². The fourth-order valence-corrected chi connectivity index (χ4v) is 8.93. The van der Waals surface area contributed by atoms with E-state index in [0.29, 0.717) is 17.6 Å². The molecule has 0 unspecified atom stereocenters. The molecule has 0 radical (unpaired) electrons. The van der Waals surface area contributed by atoms with E-state index in [9.17, 15) is 27.2 Å². The maximum Gasteiger partial charge on any atom is 0.417 e. The third kappa shape index (κ3) is 5.09. The Morgan fingerprint density at radius 3 is 2.58 bits per heavy atom. The first-order valence-corrected chi connectivity index (χ1v) is 15.7. The molecule has 0 bridgehead atoms. The van der Waals surface area contributed by atoms with Crippen LogP contribution in [0.1, 0.15) is 5.56 Å². The van der Waals surface area contributed by atoms with Crippen LogP contribution in [0, 0.1) is 11.6 Å². The zero-order chi connectivity index (χ0) is 30.8. The summed E-state index contributed by atoms with van der Waals surface area (Å²) in [6.45, 7) is 4.06. The van der Waals surface area contributed by atoms with Gasteiger partial charge in [-0.15, -0.1) is 11.8 Å². The van der Waals surface area contributed by atoms with Crippen molar-refractivity contribution < 1.29 is 31.5 Å². The van der Waals surface area contributed by atoms with Gasteiger partial charge >= 0.3 is 11.9 Å². The van der Waals surface area contributed by atoms with E-state index in [-0.39, 0.29) is 65.0 Å². The van der Waals surface area contributed by atoms with Crippen LogP contribution in [-0.2, 0) is 22.3 Å². The average Bonchev–Trinajstić information content (AvgIpc) is 3.37. The monoisotopic (exact) mass is 658 g/mol. The van der Waals surface area contributed by atoms with Crippen molar-refractivity contribution in [1.29, 1.82) is 0 Å². The Balaban J connectivity index is 1.67. The van der Waals surface area contributed by atoms with E-state index in [0.717, 1.165) is 23.9 Å². The van der Waals surface area contributed by atoms with Crippen molar-refractivity contribution in [2.24, 2.45) is 0 Å². The lowest BCUT2D eigenvalue weighted by atomic mass is 9.95. The van der Waals surface area contributed by atoms with Gasteiger partial charge in [0.1, 0.15) is 17.5 Å². The van der Waals surface area contributed by atoms with Crippen molar-refractivity contribution in [3.05, 3.63) is 63.6 Å². The molecule has 43 heavy (non-hydrogen) atoms. The maximum atomic E-state index is 15.3. The molecule has 0 aliphatic carbocycles. The fraction of sp³-hybridized carbons (Fsp3) is 0.393. The summed E-state index contributed by atoms with van der Waals surface area (Å²) < 4.78 is 80.7. The Hall–Kier alpha value is -2.81. The number of hydrogen-bond acceptors (Lipinski definition) is 7. The minimum atomic E-state index is -4.97. The lowest BCUT2D eigenvalue weighted by Crippen LogP contribution is -2.61. The van der Waals surface area contributed by atoms with Crippen LogP contribution in [0.25, 0.3) is 22.0 Å². The highest BCUT2D eigenvalue weighted by Crippen LogP contribution is 2.49. The Kier molecular flexibility index (Phi) is 7.93. The molecule has 6 rings (SSSR count). The highest BCUT2D eigenvalue weighted by atomic mass is 35.5. The zero-order valence-corrected chi connectivity index (χ0v) is 25.0. The zero-order valence-electron chi connectivity index (χ0n) is 22.6. The standard InChI is InChI=1S/C28H24ClF5N4O3S2/c1-3-22(39)36-4-5-37(21-12-42-11-20(21)36)26-15-6-16(28(32,33)34)23(14-7-17(29)19(31)8-18(14)30)25-24(15)38(27(40)35-26)9-13(41-2)10-43-25/h3,6-8,13,20-21H,1,4-5,9-12H2,2H3/t13-,20-,21+/m0/s1. The van der Waals surface area contributed by atoms with Gasteiger partial charge in [0.05, 0.1) is 40.8 Å². The van der Waals surface area contributed by atoms with E-state index >= 15 is 4.39 Å². The molecule has 2 aromatic carbocycles. The van der Waals surface area contributed by atoms with E-state index in [1.165, 1.54) is 17.8 Å². The summed E-state index contributed by atoms with van der Waals surface area (Å²) in [5.74, 6) is -1.21. The number of fused-ring (bicyclic) bond motifs is 1. The molecule has 0 saturated carbocycles. The van der Waals surface area contributed by atoms with Gasteiger partial charge in [0.25, 0.3) is 0 Å². The van der Waals surface area contributed by atoms with Crippen LogP contribution in [0.4, 0.5) is 27.8 Å². The van der Waals surface area contributed by atoms with Crippen LogP contribution in [0.2, 0.25) is 5.02 Å². The first-order chi connectivity index (χ1) is 20.4. The van der Waals surface area contributed by atoms with Crippen molar-refractivity contribution in [3.8, 4) is 11.1 Å². The summed E-state index contributed by atoms with van der Waals surface area (Å²) in [5, 5.41) is -0.488. The Labute approximate surface area is 256 Å². The average molecular weight is 659 g/mol. The summed E-state index contributed by atoms with van der Waals surface area (Å²) in [5.41, 5.74) is -2.81. The van der Waals surface area contributed by atoms with E-state index in [1.54, 1.807) is 21.6 Å². The second kappa shape index (κ2) is 11.3. The molecule has 3 aliphatic heterocycles. The van der Waals surface area contributed by atoms with Crippen LogP contribution < -0.4 is 10.6 Å². The molecule has 1 aromatic heterocycles. The smallest absolute Gasteiger partial charge is 0.379 e. The minimum Gasteiger partial charge on any atom is -0.379 e. The highest BCUT2D eigenvalue weighted by Gasteiger charge is 2.44. The van der Waals surface area contributed by atoms with E-state index in [4.69, 9.17) is 16.3 Å². The molecule has 15 heteroatoms. The number of thioether (sulfide) groups is 2. The summed E-state index contributed by atoms with van der Waals surface area (Å²) in [4.78, 5) is 34.0. The number of methoxy groups -OCH3 is 1. The van der Waals surface area contributed by atoms with Gasteiger partial charge in [-0.1, -0.05) is 18.2 Å². The van der Waals surface area contributed by atoms with Crippen molar-refractivity contribution in [2.75, 3.05) is 42.4 Å². The van der Waals surface area contributed by atoms with Gasteiger partial charge in [-0.3, -0.25) is 9.36 Å². The number of rotatable bonds is 4. The fourth-order valence-electron chi connectivity index (χ4n) is 6.03. The second-order valence-corrected chi connectivity index (χ2v) is 12.9. The second-order valence-electron chi connectivity index (χ2n) is 10.4. The van der Waals surface area contributed by atoms with Gasteiger partial charge in [-0.2, -0.15) is 29.9 Å². The molecule has 1 amide bonds. The minimum absolute atomic E-state index is 0.0000930. The van der Waals surface area contributed by atoms with Crippen LogP contribution >= 0.6 is 35.1 Å². The van der Waals surface area contributed by atoms with Gasteiger partial charge in [0.2, 0.25) is 5.91 Å². The summed E-state index contributed by atoms with van der Waals surface area (Å²) in [6, 6.07) is 1.58. The molecular formula is C28H24ClF5N4O3S2. The molecule has 4 heterocycles. The van der Waals surface area contributed by atoms with E-state index < -0.39 is 51.3 Å². The topological polar surface area (TPSA) is 67.7 Å². The molecule has 0 N–H and O–H groups in total. The SMILES string of the molecule is C=CC(=O)N1CCN(c2nc(=O)n3c4c(c(-c5cc(Cl)c(F)cc5F)c(C(F)(F)F)cc24)SC[C@@H](OC)C3)[C@@H]2CSC[C@@H]21. The summed E-state index contributed by atoms with van der Waals surface area (Å²) >= 11 is 8.52. The normalized spacial score (nSPS) is 22.1. The number of anilines is 1. The molecular weight excluding hydrogens is 635 g/mol. The Bertz CT molecular complexity index is 1720. The van der Waals surface area contributed by atoms with E-state index in [2.05, 4.69) is 11.6 Å². The van der Waals surface area contributed by atoms with Gasteiger partial charge in [0, 0.05) is 64.9 Å². The van der Waals surface area contributed by atoms with Crippen LogP contribution in [0.15, 0.2) is 40.5 Å². The number of benzene rings is 2. The van der Waals surface area contributed by atoms with Crippen molar-refractivity contribution in [3.63, 3.8) is 0 Å². The molecule has 3 aromatic rings. The molecule has 2 saturated heterocycles. The number of alkyl halides is 3. The van der Waals surface area contributed by atoms with Crippen LogP contribution in [-0.4, -0.2) is 76.0 Å². The lowest BCUT2D eigenvalue weighted by Gasteiger charge is -2.44. The largest absolute Gasteiger partial charge is 0.417 e. The number of carbonyl (C=O) groups is 1. The summed E-state index contributed by atoms with van der Waals surface area (Å²) in [7, 11) is 1.43. The van der Waals surface area contributed by atoms with Gasteiger partial charge in [-0.25, -0.2) is 13.6 Å². The molecule has 0 spiro atoms. The quantitative estimate of drug-likeness (QED) is 0.210. The summed E-state index contributed by atoms with van der Waals surface area (Å²) in [6.07, 6.45) is -4.31. The maximum absolute atomic E-state index is 15.3. The van der Waals surface area contributed by atoms with Crippen molar-refractivity contribution in [1.82, 2.24) is 14.5 Å². The number of piperazine rings is 1. The molecule has 7 nitrogen and oxygen atoms in total. The van der Waals surface area contributed by atoms with Crippen LogP contribution in [0.3, 0.4) is 0 Å². The molecule has 2 fully saturated rings. The first-order valence-electron chi connectivity index (χ1n) is 13.2. The number of ether oxygens (including phenoxy) is 1. The van der Waals surface area contributed by atoms with Gasteiger partial charge in [-0.05, 0) is 18.2 Å². The molecule has 3 aliphatic rings. The number of hydrogen-bond donors (Lipinski definition) is 0. The Morgan fingerprint density at radius 1 is 1.14 bits per heavy atom. The predicted octanol–water partition coefficient (Wildman–Crippen LogP) is 5.45. The number of amides is 1. The Morgan fingerprint density at radius 2 is 1.88 bits per heavy atom. The molecule has 228 valence electrons. The highest BCUT2D eigenvalue weighted by molar-refractivity contribution is 7.99. The van der Waals surface area contributed by atoms with Gasteiger partial charge in [0.15, 0.2) is 0 Å². The number of aromatic nitrogens is 2. The number of nitrogens with zero attached hydrogens (tertiary/aromatic N) is 4. The predicted molar refractivity (Wildman–Crippen MR) is 157 cm³/mol. The number of halogens is 6. The third-order valence-corrected chi connectivity index (χ3v) is 10.7. The third-order valence-electron chi connectivity index (χ3n) is 8.05. The number of carbonyl (C=O) groups excluding carboxylic acids is 1. The molecule has 3 atom stereocenters. The van der Waals surface area contributed by atoms with Crippen molar-refractivity contribution in [2.45, 2.75) is 35.8 Å². The first kappa shape index (κ1) is 30.2. The van der Waals surface area contributed by atoms with Gasteiger partial charge < -0.3 is 14.5 Å². The van der Waals surface area contributed by atoms with Crippen LogP contribution in [0.5, 0.6) is 0 Å².